The third-order valence-electron chi connectivity index (χ3n) is 6.33. The standard InChI is InChI=1S/C21H36N4O4S/c1-16-6-4-10-24(15-16)11-5-9-22-20(26)14-19-7-12-25(13-8-19)30(27,28)21-17(2)23-29-18(21)3/h16,19H,4-15H2,1-3H3,(H,22,26). The molecule has 1 atom stereocenters. The molecule has 1 unspecified atom stereocenters. The Morgan fingerprint density at radius 1 is 1.20 bits per heavy atom. The maximum absolute atomic E-state index is 12.9. The normalized spacial score (nSPS) is 22.3. The first-order chi connectivity index (χ1) is 14.3. The Labute approximate surface area is 180 Å². The molecule has 0 spiro atoms. The maximum atomic E-state index is 12.9. The monoisotopic (exact) mass is 440 g/mol. The second kappa shape index (κ2) is 10.2. The number of likely N-dealkylation sites (tertiary alicyclic amines) is 1. The Balaban J connectivity index is 1.36. The maximum Gasteiger partial charge on any atom is 0.248 e. The number of nitrogens with one attached hydrogen (secondary N) is 1. The largest absolute Gasteiger partial charge is 0.360 e. The fourth-order valence-corrected chi connectivity index (χ4v) is 6.44. The van der Waals surface area contributed by atoms with Crippen molar-refractivity contribution in [2.75, 3.05) is 39.3 Å². The first-order valence-corrected chi connectivity index (χ1v) is 12.6. The predicted octanol–water partition coefficient (Wildman–Crippen LogP) is 2.32. The van der Waals surface area contributed by atoms with Crippen molar-refractivity contribution in [1.29, 1.82) is 0 Å². The summed E-state index contributed by atoms with van der Waals surface area (Å²) in [4.78, 5) is 15.0. The lowest BCUT2D eigenvalue weighted by Gasteiger charge is -2.31. The fraction of sp³-hybridized carbons (Fsp3) is 0.810. The van der Waals surface area contributed by atoms with Crippen LogP contribution in [0.3, 0.4) is 0 Å². The molecule has 30 heavy (non-hydrogen) atoms. The molecule has 1 aromatic rings. The van der Waals surface area contributed by atoms with Crippen LogP contribution in [-0.4, -0.2) is 68.0 Å². The molecule has 1 amide bonds. The third-order valence-corrected chi connectivity index (χ3v) is 8.47. The Hall–Kier alpha value is -1.45. The molecule has 2 fully saturated rings. The zero-order valence-corrected chi connectivity index (χ0v) is 19.3. The van der Waals surface area contributed by atoms with E-state index >= 15 is 0 Å². The van der Waals surface area contributed by atoms with Crippen molar-refractivity contribution in [1.82, 2.24) is 19.7 Å². The summed E-state index contributed by atoms with van der Waals surface area (Å²) in [5.74, 6) is 1.41. The molecule has 0 radical (unpaired) electrons. The van der Waals surface area contributed by atoms with Crippen LogP contribution in [0.25, 0.3) is 0 Å². The molecule has 1 N–H and O–H groups in total. The zero-order valence-electron chi connectivity index (χ0n) is 18.5. The van der Waals surface area contributed by atoms with Gasteiger partial charge in [-0.25, -0.2) is 8.42 Å². The summed E-state index contributed by atoms with van der Waals surface area (Å²) in [5.41, 5.74) is 0.396. The molecule has 2 saturated heterocycles. The molecule has 1 aromatic heterocycles. The van der Waals surface area contributed by atoms with Gasteiger partial charge in [0.1, 0.15) is 10.6 Å². The van der Waals surface area contributed by atoms with E-state index in [4.69, 9.17) is 4.52 Å². The Kier molecular flexibility index (Phi) is 7.92. The van der Waals surface area contributed by atoms with Crippen LogP contribution < -0.4 is 5.32 Å². The van der Waals surface area contributed by atoms with Gasteiger partial charge in [0.15, 0.2) is 5.76 Å². The zero-order chi connectivity index (χ0) is 21.7. The van der Waals surface area contributed by atoms with Crippen LogP contribution in [-0.2, 0) is 14.8 Å². The minimum absolute atomic E-state index is 0.0778. The molecule has 2 aliphatic rings. The number of sulfonamides is 1. The average molecular weight is 441 g/mol. The number of aryl methyl sites for hydroxylation is 2. The lowest BCUT2D eigenvalue weighted by molar-refractivity contribution is -0.122. The van der Waals surface area contributed by atoms with Crippen molar-refractivity contribution in [3.05, 3.63) is 11.5 Å². The number of hydrogen-bond donors (Lipinski definition) is 1. The highest BCUT2D eigenvalue weighted by molar-refractivity contribution is 7.89. The summed E-state index contributed by atoms with van der Waals surface area (Å²) < 4.78 is 32.3. The molecule has 0 bridgehead atoms. The van der Waals surface area contributed by atoms with Gasteiger partial charge in [-0.3, -0.25) is 4.79 Å². The molecule has 3 heterocycles. The first kappa shape index (κ1) is 23.2. The van der Waals surface area contributed by atoms with Gasteiger partial charge >= 0.3 is 0 Å². The van der Waals surface area contributed by atoms with Gasteiger partial charge < -0.3 is 14.7 Å². The number of carbonyl (C=O) groups is 1. The average Bonchev–Trinajstić information content (AvgIpc) is 3.05. The number of nitrogens with zero attached hydrogens (tertiary/aromatic N) is 3. The molecule has 0 saturated carbocycles. The molecular weight excluding hydrogens is 404 g/mol. The van der Waals surface area contributed by atoms with Crippen LogP contribution in [0.15, 0.2) is 9.42 Å². The van der Waals surface area contributed by atoms with Gasteiger partial charge in [0.05, 0.1) is 0 Å². The van der Waals surface area contributed by atoms with Gasteiger partial charge in [-0.15, -0.1) is 0 Å². The van der Waals surface area contributed by atoms with Crippen molar-refractivity contribution < 1.29 is 17.7 Å². The van der Waals surface area contributed by atoms with Crippen molar-refractivity contribution >= 4 is 15.9 Å². The van der Waals surface area contributed by atoms with Crippen LogP contribution in [0, 0.1) is 25.7 Å². The lowest BCUT2D eigenvalue weighted by Crippen LogP contribution is -2.40. The summed E-state index contributed by atoms with van der Waals surface area (Å²) >= 11 is 0. The van der Waals surface area contributed by atoms with Gasteiger partial charge in [-0.1, -0.05) is 12.1 Å². The molecule has 9 heteroatoms. The van der Waals surface area contributed by atoms with Crippen LogP contribution >= 0.6 is 0 Å². The smallest absolute Gasteiger partial charge is 0.248 e. The third kappa shape index (κ3) is 5.82. The van der Waals surface area contributed by atoms with E-state index in [0.29, 0.717) is 50.4 Å². The van der Waals surface area contributed by atoms with E-state index in [0.717, 1.165) is 18.9 Å². The number of piperidine rings is 2. The van der Waals surface area contributed by atoms with E-state index in [1.54, 1.807) is 13.8 Å². The molecule has 3 rings (SSSR count). The topological polar surface area (TPSA) is 95.8 Å². The number of hydrogen-bond acceptors (Lipinski definition) is 6. The van der Waals surface area contributed by atoms with Gasteiger partial charge in [0.2, 0.25) is 15.9 Å². The van der Waals surface area contributed by atoms with Crippen molar-refractivity contribution in [3.8, 4) is 0 Å². The number of amides is 1. The molecule has 170 valence electrons. The Morgan fingerprint density at radius 2 is 1.93 bits per heavy atom. The Bertz CT molecular complexity index is 795. The second-order valence-corrected chi connectivity index (χ2v) is 10.8. The van der Waals surface area contributed by atoms with E-state index in [9.17, 15) is 13.2 Å². The SMILES string of the molecule is Cc1noc(C)c1S(=O)(=O)N1CCC(CC(=O)NCCCN2CCCC(C)C2)CC1. The van der Waals surface area contributed by atoms with E-state index < -0.39 is 10.0 Å². The summed E-state index contributed by atoms with van der Waals surface area (Å²) in [6.45, 7) is 10.5. The summed E-state index contributed by atoms with van der Waals surface area (Å²) in [6, 6.07) is 0. The van der Waals surface area contributed by atoms with Crippen LogP contribution in [0.2, 0.25) is 0 Å². The summed E-state index contributed by atoms with van der Waals surface area (Å²) in [5, 5.41) is 6.81. The van der Waals surface area contributed by atoms with Crippen molar-refractivity contribution in [3.63, 3.8) is 0 Å². The molecule has 0 aromatic carbocycles. The number of carbonyl (C=O) groups excluding carboxylic acids is 1. The molecule has 0 aliphatic carbocycles. The minimum Gasteiger partial charge on any atom is -0.360 e. The molecule has 2 aliphatic heterocycles. The lowest BCUT2D eigenvalue weighted by atomic mass is 9.94. The quantitative estimate of drug-likeness (QED) is 0.623. The van der Waals surface area contributed by atoms with E-state index in [1.165, 1.54) is 30.2 Å². The van der Waals surface area contributed by atoms with Crippen LogP contribution in [0.4, 0.5) is 0 Å². The first-order valence-electron chi connectivity index (χ1n) is 11.2. The molecule has 8 nitrogen and oxygen atoms in total. The number of rotatable bonds is 8. The van der Waals surface area contributed by atoms with E-state index in [1.807, 2.05) is 0 Å². The highest BCUT2D eigenvalue weighted by Gasteiger charge is 2.34. The Morgan fingerprint density at radius 3 is 2.57 bits per heavy atom. The summed E-state index contributed by atoms with van der Waals surface area (Å²) in [7, 11) is -3.59. The molecular formula is C21H36N4O4S. The summed E-state index contributed by atoms with van der Waals surface area (Å²) in [6.07, 6.45) is 5.44. The van der Waals surface area contributed by atoms with Crippen molar-refractivity contribution in [2.24, 2.45) is 11.8 Å². The second-order valence-electron chi connectivity index (χ2n) is 8.96. The highest BCUT2D eigenvalue weighted by atomic mass is 32.2. The van der Waals surface area contributed by atoms with E-state index in [2.05, 4.69) is 22.3 Å². The highest BCUT2D eigenvalue weighted by Crippen LogP contribution is 2.28. The van der Waals surface area contributed by atoms with Gasteiger partial charge in [-0.2, -0.15) is 4.31 Å². The number of aromatic nitrogens is 1. The van der Waals surface area contributed by atoms with Gasteiger partial charge in [0, 0.05) is 32.6 Å². The fourth-order valence-electron chi connectivity index (χ4n) is 4.68. The van der Waals surface area contributed by atoms with Crippen LogP contribution in [0.5, 0.6) is 0 Å². The van der Waals surface area contributed by atoms with Crippen molar-refractivity contribution in [2.45, 2.75) is 64.2 Å². The van der Waals surface area contributed by atoms with Crippen LogP contribution in [0.1, 0.15) is 56.9 Å². The van der Waals surface area contributed by atoms with Gasteiger partial charge in [-0.05, 0) is 70.9 Å². The van der Waals surface area contributed by atoms with E-state index in [-0.39, 0.29) is 16.7 Å². The van der Waals surface area contributed by atoms with Gasteiger partial charge in [0.25, 0.3) is 0 Å². The predicted molar refractivity (Wildman–Crippen MR) is 115 cm³/mol. The minimum atomic E-state index is -3.59.